The molecule has 3 heteroatoms. The van der Waals surface area contributed by atoms with Crippen LogP contribution in [0.5, 0.6) is 0 Å². The zero-order valence-corrected chi connectivity index (χ0v) is 14.7. The second kappa shape index (κ2) is 7.85. The van der Waals surface area contributed by atoms with E-state index in [0.29, 0.717) is 16.5 Å². The van der Waals surface area contributed by atoms with Crippen LogP contribution in [-0.2, 0) is 6.42 Å². The van der Waals surface area contributed by atoms with Gasteiger partial charge in [-0.2, -0.15) is 0 Å². The van der Waals surface area contributed by atoms with Crippen molar-refractivity contribution in [2.24, 2.45) is 5.41 Å². The van der Waals surface area contributed by atoms with E-state index < -0.39 is 0 Å². The van der Waals surface area contributed by atoms with Crippen LogP contribution in [0.3, 0.4) is 0 Å². The average molecular weight is 328 g/mol. The van der Waals surface area contributed by atoms with Gasteiger partial charge >= 0.3 is 0 Å². The van der Waals surface area contributed by atoms with Crippen molar-refractivity contribution in [3.05, 3.63) is 33.8 Å². The number of nitrogens with one attached hydrogen (secondary N) is 1. The zero-order chi connectivity index (χ0) is 15.3. The predicted octanol–water partition coefficient (Wildman–Crippen LogP) is 5.87. The Bertz CT molecular complexity index is 453. The van der Waals surface area contributed by atoms with Crippen LogP contribution in [0.1, 0.15) is 57.9 Å². The molecule has 1 aliphatic rings. The van der Waals surface area contributed by atoms with Gasteiger partial charge in [0.2, 0.25) is 0 Å². The van der Waals surface area contributed by atoms with E-state index >= 15 is 0 Å². The highest BCUT2D eigenvalue weighted by Gasteiger charge is 2.39. The summed E-state index contributed by atoms with van der Waals surface area (Å²) in [7, 11) is 0. The first kappa shape index (κ1) is 17.1. The molecule has 118 valence electrons. The Hall–Kier alpha value is -0.240. The summed E-state index contributed by atoms with van der Waals surface area (Å²) in [6.45, 7) is 5.64. The van der Waals surface area contributed by atoms with E-state index in [-0.39, 0.29) is 0 Å². The van der Waals surface area contributed by atoms with Crippen molar-refractivity contribution in [3.63, 3.8) is 0 Å². The van der Waals surface area contributed by atoms with E-state index in [2.05, 4.69) is 25.2 Å². The summed E-state index contributed by atoms with van der Waals surface area (Å²) in [5.74, 6) is 0. The lowest BCUT2D eigenvalue weighted by Gasteiger charge is -2.38. The highest BCUT2D eigenvalue weighted by Crippen LogP contribution is 2.45. The minimum absolute atomic E-state index is 0.431. The predicted molar refractivity (Wildman–Crippen MR) is 93.4 cm³/mol. The summed E-state index contributed by atoms with van der Waals surface area (Å²) in [4.78, 5) is 0. The van der Waals surface area contributed by atoms with Gasteiger partial charge in [-0.25, -0.2) is 0 Å². The molecule has 1 N–H and O–H groups in total. The lowest BCUT2D eigenvalue weighted by atomic mass is 9.74. The highest BCUT2D eigenvalue weighted by molar-refractivity contribution is 6.42. The monoisotopic (exact) mass is 327 g/mol. The summed E-state index contributed by atoms with van der Waals surface area (Å²) in [5, 5.41) is 5.19. The van der Waals surface area contributed by atoms with Crippen molar-refractivity contribution in [2.75, 3.05) is 6.54 Å². The fourth-order valence-electron chi connectivity index (χ4n) is 3.78. The molecule has 2 rings (SSSR count). The molecule has 0 amide bonds. The van der Waals surface area contributed by atoms with Crippen LogP contribution in [0.25, 0.3) is 0 Å². The van der Waals surface area contributed by atoms with Crippen molar-refractivity contribution in [2.45, 2.75) is 64.8 Å². The maximum atomic E-state index is 6.41. The molecule has 0 radical (unpaired) electrons. The summed E-state index contributed by atoms with van der Waals surface area (Å²) < 4.78 is 0. The Balaban J connectivity index is 2.21. The molecule has 0 bridgehead atoms. The van der Waals surface area contributed by atoms with Crippen molar-refractivity contribution < 1.29 is 0 Å². The molecule has 0 spiro atoms. The lowest BCUT2D eigenvalue weighted by molar-refractivity contribution is 0.184. The Kier molecular flexibility index (Phi) is 6.40. The van der Waals surface area contributed by atoms with Crippen LogP contribution in [0, 0.1) is 5.41 Å². The van der Waals surface area contributed by atoms with Crippen molar-refractivity contribution >= 4 is 23.2 Å². The molecule has 1 atom stereocenters. The first-order chi connectivity index (χ1) is 10.1. The van der Waals surface area contributed by atoms with Gasteiger partial charge in [-0.05, 0) is 55.7 Å². The standard InChI is InChI=1S/C18H27Cl2N/c1-3-12-21-16(18(4-2)10-5-6-11-18)13-14-8-7-9-15(19)17(14)20/h7-9,16,21H,3-6,10-13H2,1-2H3. The van der Waals surface area contributed by atoms with Gasteiger partial charge < -0.3 is 5.32 Å². The molecule has 0 saturated heterocycles. The summed E-state index contributed by atoms with van der Waals surface area (Å²) in [6, 6.07) is 6.49. The van der Waals surface area contributed by atoms with Crippen molar-refractivity contribution in [1.29, 1.82) is 0 Å². The van der Waals surface area contributed by atoms with Gasteiger partial charge in [-0.3, -0.25) is 0 Å². The summed E-state index contributed by atoms with van der Waals surface area (Å²) in [6.07, 6.45) is 8.79. The molecule has 1 nitrogen and oxygen atoms in total. The van der Waals surface area contributed by atoms with Gasteiger partial charge in [-0.15, -0.1) is 0 Å². The van der Waals surface area contributed by atoms with Crippen LogP contribution in [0.2, 0.25) is 10.0 Å². The number of hydrogen-bond donors (Lipinski definition) is 1. The van der Waals surface area contributed by atoms with Crippen LogP contribution in [-0.4, -0.2) is 12.6 Å². The fourth-order valence-corrected chi connectivity index (χ4v) is 4.17. The average Bonchev–Trinajstić information content (AvgIpc) is 2.97. The second-order valence-electron chi connectivity index (χ2n) is 6.35. The molecule has 0 heterocycles. The minimum Gasteiger partial charge on any atom is -0.313 e. The largest absolute Gasteiger partial charge is 0.313 e. The van der Waals surface area contributed by atoms with Crippen molar-refractivity contribution in [3.8, 4) is 0 Å². The van der Waals surface area contributed by atoms with Gasteiger partial charge in [0.05, 0.1) is 10.0 Å². The molecule has 1 saturated carbocycles. The molecule has 1 fully saturated rings. The minimum atomic E-state index is 0.431. The second-order valence-corrected chi connectivity index (χ2v) is 7.13. The van der Waals surface area contributed by atoms with E-state index in [1.54, 1.807) is 0 Å². The molecule has 21 heavy (non-hydrogen) atoms. The Morgan fingerprint density at radius 2 is 1.90 bits per heavy atom. The van der Waals surface area contributed by atoms with Crippen LogP contribution < -0.4 is 5.32 Å². The maximum absolute atomic E-state index is 6.41. The number of halogens is 2. The number of rotatable bonds is 7. The van der Waals surface area contributed by atoms with Crippen LogP contribution in [0.15, 0.2) is 18.2 Å². The first-order valence-corrected chi connectivity index (χ1v) is 9.05. The van der Waals surface area contributed by atoms with E-state index in [4.69, 9.17) is 23.2 Å². The summed E-state index contributed by atoms with van der Waals surface area (Å²) in [5.41, 5.74) is 1.61. The van der Waals surface area contributed by atoms with Gasteiger partial charge in [0.1, 0.15) is 0 Å². The van der Waals surface area contributed by atoms with Crippen LogP contribution in [0.4, 0.5) is 0 Å². The Morgan fingerprint density at radius 3 is 2.52 bits per heavy atom. The van der Waals surface area contributed by atoms with Gasteiger partial charge in [0.15, 0.2) is 0 Å². The van der Waals surface area contributed by atoms with Crippen LogP contribution >= 0.6 is 23.2 Å². The maximum Gasteiger partial charge on any atom is 0.0624 e. The topological polar surface area (TPSA) is 12.0 Å². The van der Waals surface area contributed by atoms with Gasteiger partial charge in [-0.1, -0.05) is 62.0 Å². The van der Waals surface area contributed by atoms with E-state index in [9.17, 15) is 0 Å². The highest BCUT2D eigenvalue weighted by atomic mass is 35.5. The Labute approximate surface area is 139 Å². The third-order valence-electron chi connectivity index (χ3n) is 5.14. The molecule has 1 aromatic rings. The third-order valence-corrected chi connectivity index (χ3v) is 6.00. The van der Waals surface area contributed by atoms with Gasteiger partial charge in [0, 0.05) is 6.04 Å². The third kappa shape index (κ3) is 3.94. The lowest BCUT2D eigenvalue weighted by Crippen LogP contribution is -2.45. The van der Waals surface area contributed by atoms with E-state index in [0.717, 1.165) is 18.0 Å². The molecule has 1 aromatic carbocycles. The molecular formula is C18H27Cl2N. The van der Waals surface area contributed by atoms with E-state index in [1.807, 2.05) is 12.1 Å². The molecule has 0 aliphatic heterocycles. The fraction of sp³-hybridized carbons (Fsp3) is 0.667. The Morgan fingerprint density at radius 1 is 1.19 bits per heavy atom. The molecule has 1 unspecified atom stereocenters. The quantitative estimate of drug-likeness (QED) is 0.659. The van der Waals surface area contributed by atoms with Gasteiger partial charge in [0.25, 0.3) is 0 Å². The zero-order valence-electron chi connectivity index (χ0n) is 13.2. The van der Waals surface area contributed by atoms with Crippen molar-refractivity contribution in [1.82, 2.24) is 5.32 Å². The molecule has 0 aromatic heterocycles. The number of hydrogen-bond acceptors (Lipinski definition) is 1. The van der Waals surface area contributed by atoms with E-state index in [1.165, 1.54) is 44.1 Å². The summed E-state index contributed by atoms with van der Waals surface area (Å²) >= 11 is 12.6. The smallest absolute Gasteiger partial charge is 0.0624 e. The first-order valence-electron chi connectivity index (χ1n) is 8.29. The molecule has 1 aliphatic carbocycles. The SMILES string of the molecule is CCCNC(Cc1cccc(Cl)c1Cl)C1(CC)CCCC1. The normalized spacial score (nSPS) is 18.9. The number of benzene rings is 1. The molecular weight excluding hydrogens is 301 g/mol.